The van der Waals surface area contributed by atoms with Crippen molar-refractivity contribution in [2.45, 2.75) is 38.5 Å². The van der Waals surface area contributed by atoms with Crippen LogP contribution in [-0.4, -0.2) is 41.2 Å². The number of rotatable bonds is 10. The Kier molecular flexibility index (Phi) is 7.77. The number of ether oxygens (including phenoxy) is 1. The van der Waals surface area contributed by atoms with Gasteiger partial charge in [0.2, 0.25) is 0 Å². The molecule has 0 unspecified atom stereocenters. The molecular weight excluding hydrogens is 466 g/mol. The van der Waals surface area contributed by atoms with Crippen LogP contribution < -0.4 is 10.6 Å². The van der Waals surface area contributed by atoms with Crippen LogP contribution in [0.25, 0.3) is 11.1 Å². The van der Waals surface area contributed by atoms with Crippen molar-refractivity contribution in [2.24, 2.45) is 0 Å². The minimum Gasteiger partial charge on any atom is -0.481 e. The van der Waals surface area contributed by atoms with Crippen LogP contribution in [0.2, 0.25) is 0 Å². The van der Waals surface area contributed by atoms with Gasteiger partial charge in [-0.3, -0.25) is 14.9 Å². The quantitative estimate of drug-likeness (QED) is 0.335. The van der Waals surface area contributed by atoms with E-state index in [2.05, 4.69) is 39.9 Å². The number of unbranched alkanes of at least 4 members (excludes halogenated alkanes) is 2. The smallest absolute Gasteiger partial charge is 0.413 e. The zero-order valence-corrected chi connectivity index (χ0v) is 20.2. The van der Waals surface area contributed by atoms with E-state index in [1.165, 1.54) is 0 Å². The van der Waals surface area contributed by atoms with E-state index in [1.54, 1.807) is 6.92 Å². The predicted molar refractivity (Wildman–Crippen MR) is 134 cm³/mol. The molecule has 0 saturated carbocycles. The number of hydrogen-bond donors (Lipinski definition) is 3. The van der Waals surface area contributed by atoms with Crippen molar-refractivity contribution >= 4 is 34.4 Å². The van der Waals surface area contributed by atoms with Crippen LogP contribution in [0, 0.1) is 6.92 Å². The fourth-order valence-corrected chi connectivity index (χ4v) is 5.11. The van der Waals surface area contributed by atoms with Gasteiger partial charge in [0.1, 0.15) is 11.5 Å². The van der Waals surface area contributed by atoms with Crippen molar-refractivity contribution in [1.29, 1.82) is 0 Å². The van der Waals surface area contributed by atoms with E-state index < -0.39 is 12.1 Å². The standard InChI is InChI=1S/C26H27N3O5S/c1-16-23(24(32)27-14-8-2-3-13-22(30)31)35-25(28-16)29-26(33)34-15-21-19-11-6-4-9-17(19)18-10-5-7-12-20(18)21/h4-7,9-12,21H,2-3,8,13-15H2,1H3,(H,27,32)(H,30,31)(H,28,29,33). The van der Waals surface area contributed by atoms with Gasteiger partial charge >= 0.3 is 12.1 Å². The first-order valence-electron chi connectivity index (χ1n) is 11.5. The lowest BCUT2D eigenvalue weighted by atomic mass is 9.98. The van der Waals surface area contributed by atoms with E-state index in [-0.39, 0.29) is 24.9 Å². The summed E-state index contributed by atoms with van der Waals surface area (Å²) in [5, 5.41) is 14.4. The van der Waals surface area contributed by atoms with Gasteiger partial charge in [0.15, 0.2) is 5.13 Å². The van der Waals surface area contributed by atoms with E-state index in [0.29, 0.717) is 35.1 Å². The summed E-state index contributed by atoms with van der Waals surface area (Å²) in [7, 11) is 0. The van der Waals surface area contributed by atoms with Crippen LogP contribution in [0.3, 0.4) is 0 Å². The third kappa shape index (κ3) is 5.86. The molecule has 1 aliphatic carbocycles. The second-order valence-electron chi connectivity index (χ2n) is 8.34. The first-order valence-corrected chi connectivity index (χ1v) is 12.3. The summed E-state index contributed by atoms with van der Waals surface area (Å²) in [6.45, 7) is 2.35. The highest BCUT2D eigenvalue weighted by molar-refractivity contribution is 7.17. The second-order valence-corrected chi connectivity index (χ2v) is 9.34. The number of carboxylic acid groups (broad SMARTS) is 1. The van der Waals surface area contributed by atoms with Gasteiger partial charge in [0.25, 0.3) is 5.91 Å². The van der Waals surface area contributed by atoms with E-state index in [0.717, 1.165) is 40.0 Å². The average molecular weight is 494 g/mol. The number of fused-ring (bicyclic) bond motifs is 3. The maximum atomic E-state index is 12.5. The highest BCUT2D eigenvalue weighted by atomic mass is 32.1. The summed E-state index contributed by atoms with van der Waals surface area (Å²) in [6, 6.07) is 16.3. The molecule has 0 bridgehead atoms. The molecule has 0 fully saturated rings. The molecule has 1 heterocycles. The van der Waals surface area contributed by atoms with Crippen molar-refractivity contribution in [3.8, 4) is 11.1 Å². The number of aromatic nitrogens is 1. The number of carbonyl (C=O) groups excluding carboxylic acids is 2. The van der Waals surface area contributed by atoms with Crippen LogP contribution in [0.15, 0.2) is 48.5 Å². The number of aliphatic carboxylic acids is 1. The van der Waals surface area contributed by atoms with Crippen LogP contribution in [0.1, 0.15) is 58.1 Å². The Morgan fingerprint density at radius 2 is 1.66 bits per heavy atom. The zero-order chi connectivity index (χ0) is 24.8. The maximum absolute atomic E-state index is 12.5. The lowest BCUT2D eigenvalue weighted by Gasteiger charge is -2.14. The van der Waals surface area contributed by atoms with E-state index in [1.807, 2.05) is 24.3 Å². The van der Waals surface area contributed by atoms with Gasteiger partial charge in [-0.05, 0) is 42.0 Å². The molecule has 8 nitrogen and oxygen atoms in total. The summed E-state index contributed by atoms with van der Waals surface area (Å²) in [5.41, 5.74) is 5.10. The molecule has 0 aliphatic heterocycles. The summed E-state index contributed by atoms with van der Waals surface area (Å²) in [5.74, 6) is -1.12. The molecule has 3 N–H and O–H groups in total. The second kappa shape index (κ2) is 11.1. The number of carbonyl (C=O) groups is 3. The van der Waals surface area contributed by atoms with Gasteiger partial charge in [-0.2, -0.15) is 0 Å². The van der Waals surface area contributed by atoms with Crippen LogP contribution >= 0.6 is 11.3 Å². The number of nitrogens with zero attached hydrogens (tertiary/aromatic N) is 1. The molecule has 1 aliphatic rings. The Bertz CT molecular complexity index is 1190. The van der Waals surface area contributed by atoms with Crippen molar-refractivity contribution < 1.29 is 24.2 Å². The molecule has 0 spiro atoms. The van der Waals surface area contributed by atoms with E-state index in [9.17, 15) is 14.4 Å². The molecule has 1 aromatic heterocycles. The number of anilines is 1. The van der Waals surface area contributed by atoms with Gasteiger partial charge in [-0.25, -0.2) is 9.78 Å². The van der Waals surface area contributed by atoms with Gasteiger partial charge in [0, 0.05) is 18.9 Å². The molecule has 3 aromatic rings. The lowest BCUT2D eigenvalue weighted by molar-refractivity contribution is -0.137. The number of nitrogens with one attached hydrogen (secondary N) is 2. The number of amides is 2. The molecule has 2 amide bonds. The van der Waals surface area contributed by atoms with E-state index in [4.69, 9.17) is 9.84 Å². The molecule has 2 aromatic carbocycles. The van der Waals surface area contributed by atoms with Gasteiger partial charge in [-0.1, -0.05) is 66.3 Å². The maximum Gasteiger partial charge on any atom is 0.413 e. The lowest BCUT2D eigenvalue weighted by Crippen LogP contribution is -2.24. The molecule has 0 saturated heterocycles. The molecule has 182 valence electrons. The first kappa shape index (κ1) is 24.4. The number of carboxylic acids is 1. The Balaban J connectivity index is 1.29. The Morgan fingerprint density at radius 3 is 2.31 bits per heavy atom. The molecule has 35 heavy (non-hydrogen) atoms. The minimum absolute atomic E-state index is 0.0389. The van der Waals surface area contributed by atoms with Crippen molar-refractivity contribution in [3.63, 3.8) is 0 Å². The van der Waals surface area contributed by atoms with Crippen LogP contribution in [-0.2, 0) is 9.53 Å². The monoisotopic (exact) mass is 493 g/mol. The van der Waals surface area contributed by atoms with E-state index >= 15 is 0 Å². The molecule has 9 heteroatoms. The third-order valence-corrected chi connectivity index (χ3v) is 6.98. The summed E-state index contributed by atoms with van der Waals surface area (Å²) in [4.78, 5) is 40.2. The highest BCUT2D eigenvalue weighted by Gasteiger charge is 2.29. The zero-order valence-electron chi connectivity index (χ0n) is 19.4. The number of thiazole rings is 1. The topological polar surface area (TPSA) is 118 Å². The van der Waals surface area contributed by atoms with Gasteiger partial charge in [0.05, 0.1) is 5.69 Å². The molecule has 0 radical (unpaired) electrons. The summed E-state index contributed by atoms with van der Waals surface area (Å²) < 4.78 is 5.55. The first-order chi connectivity index (χ1) is 16.9. The summed E-state index contributed by atoms with van der Waals surface area (Å²) in [6.07, 6.45) is 1.52. The predicted octanol–water partition coefficient (Wildman–Crippen LogP) is 5.19. The third-order valence-electron chi connectivity index (χ3n) is 5.91. The summed E-state index contributed by atoms with van der Waals surface area (Å²) >= 11 is 1.09. The number of benzene rings is 2. The van der Waals surface area contributed by atoms with Crippen molar-refractivity contribution in [1.82, 2.24) is 10.3 Å². The highest BCUT2D eigenvalue weighted by Crippen LogP contribution is 2.44. The molecule has 0 atom stereocenters. The normalized spacial score (nSPS) is 12.0. The SMILES string of the molecule is Cc1nc(NC(=O)OCC2c3ccccc3-c3ccccc32)sc1C(=O)NCCCCCC(=O)O. The largest absolute Gasteiger partial charge is 0.481 e. The average Bonchev–Trinajstić information content (AvgIpc) is 3.37. The fourth-order valence-electron chi connectivity index (χ4n) is 4.24. The Labute approximate surface area is 207 Å². The fraction of sp³-hybridized carbons (Fsp3) is 0.308. The number of aryl methyl sites for hydroxylation is 1. The van der Waals surface area contributed by atoms with Crippen molar-refractivity contribution in [3.05, 3.63) is 70.2 Å². The van der Waals surface area contributed by atoms with Crippen LogP contribution in [0.4, 0.5) is 9.93 Å². The number of hydrogen-bond acceptors (Lipinski definition) is 6. The van der Waals surface area contributed by atoms with Crippen molar-refractivity contribution in [2.75, 3.05) is 18.5 Å². The Morgan fingerprint density at radius 1 is 1.00 bits per heavy atom. The Hall–Kier alpha value is -3.72. The van der Waals surface area contributed by atoms with Gasteiger partial charge < -0.3 is 15.2 Å². The minimum atomic E-state index is -0.814. The molecular formula is C26H27N3O5S. The molecule has 4 rings (SSSR count). The van der Waals surface area contributed by atoms with Gasteiger partial charge in [-0.15, -0.1) is 0 Å². The van der Waals surface area contributed by atoms with Crippen LogP contribution in [0.5, 0.6) is 0 Å².